The van der Waals surface area contributed by atoms with Crippen molar-refractivity contribution in [3.05, 3.63) is 17.8 Å². The summed E-state index contributed by atoms with van der Waals surface area (Å²) in [6.07, 6.45) is 0.513. The van der Waals surface area contributed by atoms with Crippen LogP contribution < -0.4 is 5.32 Å². The van der Waals surface area contributed by atoms with Crippen molar-refractivity contribution in [3.8, 4) is 0 Å². The zero-order chi connectivity index (χ0) is 11.6. The lowest BCUT2D eigenvalue weighted by Gasteiger charge is -2.26. The number of nitrogens with one attached hydrogen (secondary N) is 1. The van der Waals surface area contributed by atoms with Crippen LogP contribution in [0, 0.1) is 6.92 Å². The molecular formula is C11H17N3O2. The Labute approximate surface area is 94.8 Å². The molecule has 1 aliphatic heterocycles. The predicted octanol–water partition coefficient (Wildman–Crippen LogP) is 0.737. The Kier molecular flexibility index (Phi) is 3.07. The average Bonchev–Trinajstić information content (AvgIpc) is 2.59. The summed E-state index contributed by atoms with van der Waals surface area (Å²) in [6.45, 7) is 4.82. The van der Waals surface area contributed by atoms with E-state index in [-0.39, 0.29) is 6.10 Å². The number of aryl methyl sites for hydroxylation is 1. The fourth-order valence-corrected chi connectivity index (χ4v) is 1.74. The van der Waals surface area contributed by atoms with E-state index in [1.807, 2.05) is 26.0 Å². The summed E-state index contributed by atoms with van der Waals surface area (Å²) in [6, 6.07) is 3.74. The normalized spacial score (nSPS) is 29.3. The molecule has 0 spiro atoms. The molecule has 0 saturated carbocycles. The molecule has 1 aromatic rings. The largest absolute Gasteiger partial charge is 0.385 e. The molecule has 1 fully saturated rings. The van der Waals surface area contributed by atoms with Crippen molar-refractivity contribution in [2.75, 3.05) is 18.5 Å². The van der Waals surface area contributed by atoms with E-state index in [4.69, 9.17) is 4.74 Å². The average molecular weight is 223 g/mol. The molecule has 5 nitrogen and oxygen atoms in total. The van der Waals surface area contributed by atoms with Crippen LogP contribution in [0.3, 0.4) is 0 Å². The Hall–Kier alpha value is -1.20. The SMILES string of the molecule is Cc1ccc(NCC2(O)CCOC2C)nn1. The quantitative estimate of drug-likeness (QED) is 0.791. The smallest absolute Gasteiger partial charge is 0.148 e. The second-order valence-electron chi connectivity index (χ2n) is 4.28. The fraction of sp³-hybridized carbons (Fsp3) is 0.636. The van der Waals surface area contributed by atoms with Gasteiger partial charge in [0.1, 0.15) is 11.4 Å². The summed E-state index contributed by atoms with van der Waals surface area (Å²) in [4.78, 5) is 0. The number of anilines is 1. The second kappa shape index (κ2) is 4.35. The van der Waals surface area contributed by atoms with Gasteiger partial charge in [-0.15, -0.1) is 5.10 Å². The Morgan fingerprint density at radius 2 is 2.38 bits per heavy atom. The third-order valence-corrected chi connectivity index (χ3v) is 3.03. The highest BCUT2D eigenvalue weighted by atomic mass is 16.5. The number of ether oxygens (including phenoxy) is 1. The van der Waals surface area contributed by atoms with Gasteiger partial charge in [0.25, 0.3) is 0 Å². The monoisotopic (exact) mass is 223 g/mol. The Morgan fingerprint density at radius 3 is 2.94 bits per heavy atom. The Morgan fingerprint density at radius 1 is 1.56 bits per heavy atom. The predicted molar refractivity (Wildman–Crippen MR) is 60.2 cm³/mol. The van der Waals surface area contributed by atoms with Crippen LogP contribution in [0.15, 0.2) is 12.1 Å². The van der Waals surface area contributed by atoms with E-state index in [9.17, 15) is 5.11 Å². The van der Waals surface area contributed by atoms with Crippen LogP contribution in [0.25, 0.3) is 0 Å². The highest BCUT2D eigenvalue weighted by Gasteiger charge is 2.39. The summed E-state index contributed by atoms with van der Waals surface area (Å²) in [7, 11) is 0. The highest BCUT2D eigenvalue weighted by molar-refractivity contribution is 5.33. The summed E-state index contributed by atoms with van der Waals surface area (Å²) in [5.41, 5.74) is 0.0777. The minimum absolute atomic E-state index is 0.140. The second-order valence-corrected chi connectivity index (χ2v) is 4.28. The van der Waals surface area contributed by atoms with Crippen LogP contribution in [0.2, 0.25) is 0 Å². The van der Waals surface area contributed by atoms with Gasteiger partial charge in [-0.25, -0.2) is 0 Å². The van der Waals surface area contributed by atoms with Crippen LogP contribution >= 0.6 is 0 Å². The van der Waals surface area contributed by atoms with E-state index in [1.165, 1.54) is 0 Å². The lowest BCUT2D eigenvalue weighted by molar-refractivity contribution is -0.0176. The highest BCUT2D eigenvalue weighted by Crippen LogP contribution is 2.25. The molecule has 0 aromatic carbocycles. The maximum absolute atomic E-state index is 10.2. The van der Waals surface area contributed by atoms with Crippen LogP contribution in [0.1, 0.15) is 19.0 Å². The standard InChI is InChI=1S/C11H17N3O2/c1-8-3-4-10(14-13-8)12-7-11(15)5-6-16-9(11)2/h3-4,9,15H,5-7H2,1-2H3,(H,12,14). The van der Waals surface area contributed by atoms with Gasteiger partial charge in [0.2, 0.25) is 0 Å². The number of aromatic nitrogens is 2. The molecule has 0 amide bonds. The van der Waals surface area contributed by atoms with Crippen molar-refractivity contribution >= 4 is 5.82 Å². The van der Waals surface area contributed by atoms with E-state index in [1.54, 1.807) is 0 Å². The van der Waals surface area contributed by atoms with Crippen molar-refractivity contribution in [1.29, 1.82) is 0 Å². The van der Waals surface area contributed by atoms with Crippen LogP contribution in [0.4, 0.5) is 5.82 Å². The molecule has 2 N–H and O–H groups in total. The topological polar surface area (TPSA) is 67.3 Å². The zero-order valence-corrected chi connectivity index (χ0v) is 9.60. The van der Waals surface area contributed by atoms with Crippen molar-refractivity contribution < 1.29 is 9.84 Å². The van der Waals surface area contributed by atoms with E-state index >= 15 is 0 Å². The zero-order valence-electron chi connectivity index (χ0n) is 9.60. The summed E-state index contributed by atoms with van der Waals surface area (Å²) < 4.78 is 5.35. The van der Waals surface area contributed by atoms with E-state index in [0.29, 0.717) is 25.4 Å². The van der Waals surface area contributed by atoms with Gasteiger partial charge in [-0.2, -0.15) is 5.10 Å². The van der Waals surface area contributed by atoms with Crippen molar-refractivity contribution in [2.45, 2.75) is 32.0 Å². The number of hydrogen-bond acceptors (Lipinski definition) is 5. The Balaban J connectivity index is 1.94. The lowest BCUT2D eigenvalue weighted by atomic mass is 9.97. The number of nitrogens with zero attached hydrogens (tertiary/aromatic N) is 2. The van der Waals surface area contributed by atoms with E-state index < -0.39 is 5.60 Å². The van der Waals surface area contributed by atoms with Crippen molar-refractivity contribution in [2.24, 2.45) is 0 Å². The van der Waals surface area contributed by atoms with Crippen LogP contribution in [-0.2, 0) is 4.74 Å². The van der Waals surface area contributed by atoms with E-state index in [2.05, 4.69) is 15.5 Å². The molecular weight excluding hydrogens is 206 g/mol. The minimum Gasteiger partial charge on any atom is -0.385 e. The Bertz CT molecular complexity index is 355. The number of rotatable bonds is 3. The van der Waals surface area contributed by atoms with Gasteiger partial charge >= 0.3 is 0 Å². The molecule has 5 heteroatoms. The molecule has 16 heavy (non-hydrogen) atoms. The lowest BCUT2D eigenvalue weighted by Crippen LogP contribution is -2.43. The van der Waals surface area contributed by atoms with Gasteiger partial charge in [-0.1, -0.05) is 0 Å². The molecule has 2 rings (SSSR count). The van der Waals surface area contributed by atoms with Gasteiger partial charge in [0.15, 0.2) is 0 Å². The molecule has 1 saturated heterocycles. The maximum Gasteiger partial charge on any atom is 0.148 e. The summed E-state index contributed by atoms with van der Waals surface area (Å²) in [5.74, 6) is 0.679. The van der Waals surface area contributed by atoms with Crippen LogP contribution in [-0.4, -0.2) is 40.2 Å². The molecule has 88 valence electrons. The van der Waals surface area contributed by atoms with Crippen LogP contribution in [0.5, 0.6) is 0 Å². The first-order valence-electron chi connectivity index (χ1n) is 5.48. The van der Waals surface area contributed by atoms with Gasteiger partial charge in [-0.05, 0) is 26.0 Å². The molecule has 0 bridgehead atoms. The third-order valence-electron chi connectivity index (χ3n) is 3.03. The van der Waals surface area contributed by atoms with Gasteiger partial charge in [-0.3, -0.25) is 0 Å². The molecule has 2 heterocycles. The van der Waals surface area contributed by atoms with Gasteiger partial charge in [0, 0.05) is 19.6 Å². The molecule has 0 aliphatic carbocycles. The third kappa shape index (κ3) is 2.31. The first-order valence-corrected chi connectivity index (χ1v) is 5.48. The molecule has 0 radical (unpaired) electrons. The molecule has 2 atom stereocenters. The fourth-order valence-electron chi connectivity index (χ4n) is 1.74. The van der Waals surface area contributed by atoms with Crippen molar-refractivity contribution in [1.82, 2.24) is 10.2 Å². The maximum atomic E-state index is 10.2. The van der Waals surface area contributed by atoms with Crippen molar-refractivity contribution in [3.63, 3.8) is 0 Å². The summed E-state index contributed by atoms with van der Waals surface area (Å²) in [5, 5.41) is 21.2. The number of hydrogen-bond donors (Lipinski definition) is 2. The van der Waals surface area contributed by atoms with Gasteiger partial charge < -0.3 is 15.2 Å². The van der Waals surface area contributed by atoms with Gasteiger partial charge in [0.05, 0.1) is 11.8 Å². The first-order chi connectivity index (χ1) is 7.60. The first kappa shape index (κ1) is 11.3. The minimum atomic E-state index is -0.799. The summed E-state index contributed by atoms with van der Waals surface area (Å²) >= 11 is 0. The number of aliphatic hydroxyl groups is 1. The molecule has 2 unspecified atom stereocenters. The molecule has 1 aliphatic rings. The molecule has 1 aromatic heterocycles. The van der Waals surface area contributed by atoms with E-state index in [0.717, 1.165) is 5.69 Å².